The van der Waals surface area contributed by atoms with Gasteiger partial charge in [0.05, 0.1) is 18.1 Å². The average molecular weight is 349 g/mol. The largest absolute Gasteiger partial charge is 0.327 e. The van der Waals surface area contributed by atoms with Crippen molar-refractivity contribution in [1.29, 1.82) is 0 Å². The van der Waals surface area contributed by atoms with Gasteiger partial charge in [0.2, 0.25) is 5.91 Å². The van der Waals surface area contributed by atoms with Crippen molar-refractivity contribution in [2.75, 3.05) is 18.1 Å². The highest BCUT2D eigenvalue weighted by Gasteiger charge is 2.60. The molecule has 24 heavy (non-hydrogen) atoms. The van der Waals surface area contributed by atoms with E-state index in [0.29, 0.717) is 19.4 Å². The number of terminal acetylenes is 1. The molecule has 1 aromatic carbocycles. The van der Waals surface area contributed by atoms with Gasteiger partial charge in [-0.25, -0.2) is 12.8 Å². The Morgan fingerprint density at radius 1 is 1.29 bits per heavy atom. The Bertz CT molecular complexity index is 765. The molecule has 2 aliphatic rings. The summed E-state index contributed by atoms with van der Waals surface area (Å²) in [6, 6.07) is 6.00. The first kappa shape index (κ1) is 17.0. The maximum absolute atomic E-state index is 13.0. The van der Waals surface area contributed by atoms with Gasteiger partial charge in [-0.05, 0) is 42.4 Å². The molecule has 1 atom stereocenters. The monoisotopic (exact) mass is 349 g/mol. The number of hydrogen-bond donors (Lipinski definition) is 0. The smallest absolute Gasteiger partial charge is 0.227 e. The summed E-state index contributed by atoms with van der Waals surface area (Å²) >= 11 is 0. The van der Waals surface area contributed by atoms with Crippen molar-refractivity contribution in [1.82, 2.24) is 4.90 Å². The van der Waals surface area contributed by atoms with Crippen LogP contribution < -0.4 is 0 Å². The number of amides is 1. The molecule has 4 nitrogen and oxygen atoms in total. The van der Waals surface area contributed by atoms with Gasteiger partial charge in [0.15, 0.2) is 0 Å². The summed E-state index contributed by atoms with van der Waals surface area (Å²) in [5.41, 5.74) is 0.666. The first-order chi connectivity index (χ1) is 11.4. The van der Waals surface area contributed by atoms with Crippen LogP contribution in [0.15, 0.2) is 24.3 Å². The zero-order chi connectivity index (χ0) is 17.4. The molecule has 2 fully saturated rings. The van der Waals surface area contributed by atoms with Gasteiger partial charge >= 0.3 is 0 Å². The van der Waals surface area contributed by atoms with Crippen LogP contribution in [0.2, 0.25) is 0 Å². The fourth-order valence-corrected chi connectivity index (χ4v) is 5.19. The number of halogens is 1. The van der Waals surface area contributed by atoms with Crippen LogP contribution in [0.4, 0.5) is 4.39 Å². The Morgan fingerprint density at radius 3 is 2.50 bits per heavy atom. The van der Waals surface area contributed by atoms with E-state index in [-0.39, 0.29) is 41.1 Å². The second-order valence-corrected chi connectivity index (χ2v) is 9.10. The molecule has 1 spiro atoms. The lowest BCUT2D eigenvalue weighted by Crippen LogP contribution is -2.35. The van der Waals surface area contributed by atoms with E-state index >= 15 is 0 Å². The van der Waals surface area contributed by atoms with Crippen LogP contribution in [0, 0.1) is 29.5 Å². The first-order valence-corrected chi connectivity index (χ1v) is 9.84. The third-order valence-electron chi connectivity index (χ3n) is 5.19. The molecule has 0 radical (unpaired) electrons. The Labute approximate surface area is 142 Å². The van der Waals surface area contributed by atoms with Crippen LogP contribution in [0.1, 0.15) is 24.8 Å². The summed E-state index contributed by atoms with van der Waals surface area (Å²) in [5, 5.41) is 0. The molecular formula is C18H20FNO3S. The highest BCUT2D eigenvalue weighted by molar-refractivity contribution is 7.91. The molecule has 1 heterocycles. The Hall–Kier alpha value is -1.87. The summed E-state index contributed by atoms with van der Waals surface area (Å²) in [6.07, 6.45) is 7.25. The van der Waals surface area contributed by atoms with Crippen molar-refractivity contribution >= 4 is 15.7 Å². The standard InChI is InChI=1S/C18H20FNO3S/c1-2-9-20(13-14-3-5-15(19)6-4-14)17(21)16-12-18(16)7-10-24(22,23)11-8-18/h1,3-6,16H,7-13H2/t16-/m1/s1. The first-order valence-electron chi connectivity index (χ1n) is 8.02. The predicted molar refractivity (Wildman–Crippen MR) is 89.1 cm³/mol. The number of carbonyl (C=O) groups is 1. The molecule has 1 amide bonds. The van der Waals surface area contributed by atoms with Crippen LogP contribution >= 0.6 is 0 Å². The van der Waals surface area contributed by atoms with E-state index in [0.717, 1.165) is 12.0 Å². The molecule has 0 bridgehead atoms. The topological polar surface area (TPSA) is 54.5 Å². The van der Waals surface area contributed by atoms with E-state index in [1.807, 2.05) is 0 Å². The second-order valence-electron chi connectivity index (χ2n) is 6.80. The van der Waals surface area contributed by atoms with Crippen LogP contribution in [-0.2, 0) is 21.2 Å². The number of hydrogen-bond acceptors (Lipinski definition) is 3. The number of sulfone groups is 1. The van der Waals surface area contributed by atoms with Crippen LogP contribution in [0.25, 0.3) is 0 Å². The molecule has 0 aromatic heterocycles. The summed E-state index contributed by atoms with van der Waals surface area (Å²) < 4.78 is 36.2. The van der Waals surface area contributed by atoms with Gasteiger partial charge in [-0.15, -0.1) is 6.42 Å². The zero-order valence-corrected chi connectivity index (χ0v) is 14.2. The maximum atomic E-state index is 13.0. The molecule has 1 saturated heterocycles. The summed E-state index contributed by atoms with van der Waals surface area (Å²) in [4.78, 5) is 14.4. The minimum Gasteiger partial charge on any atom is -0.327 e. The predicted octanol–water partition coefficient (Wildman–Crippen LogP) is 2.00. The zero-order valence-electron chi connectivity index (χ0n) is 13.4. The quantitative estimate of drug-likeness (QED) is 0.782. The maximum Gasteiger partial charge on any atom is 0.227 e. The van der Waals surface area contributed by atoms with E-state index in [2.05, 4.69) is 5.92 Å². The number of benzene rings is 1. The molecule has 128 valence electrons. The molecule has 6 heteroatoms. The number of nitrogens with zero attached hydrogens (tertiary/aromatic N) is 1. The normalized spacial score (nSPS) is 23.4. The second kappa shape index (κ2) is 6.21. The summed E-state index contributed by atoms with van der Waals surface area (Å²) in [6.45, 7) is 0.537. The molecule has 1 aliphatic carbocycles. The van der Waals surface area contributed by atoms with Gasteiger partial charge in [0.25, 0.3) is 0 Å². The summed E-state index contributed by atoms with van der Waals surface area (Å²) in [5.74, 6) is 2.37. The third-order valence-corrected chi connectivity index (χ3v) is 6.84. The average Bonchev–Trinajstić information content (AvgIpc) is 3.26. The Balaban J connectivity index is 1.68. The van der Waals surface area contributed by atoms with Crippen molar-refractivity contribution in [2.24, 2.45) is 11.3 Å². The highest BCUT2D eigenvalue weighted by Crippen LogP contribution is 2.60. The molecule has 0 unspecified atom stereocenters. The lowest BCUT2D eigenvalue weighted by molar-refractivity contribution is -0.133. The molecule has 1 saturated carbocycles. The fourth-order valence-electron chi connectivity index (χ4n) is 3.55. The van der Waals surface area contributed by atoms with Crippen LogP contribution in [0.3, 0.4) is 0 Å². The van der Waals surface area contributed by atoms with Crippen LogP contribution in [0.5, 0.6) is 0 Å². The third kappa shape index (κ3) is 3.46. The lowest BCUT2D eigenvalue weighted by Gasteiger charge is -2.25. The van der Waals surface area contributed by atoms with E-state index < -0.39 is 9.84 Å². The molecule has 1 aromatic rings. The van der Waals surface area contributed by atoms with Crippen molar-refractivity contribution in [3.8, 4) is 12.3 Å². The van der Waals surface area contributed by atoms with Crippen molar-refractivity contribution in [3.05, 3.63) is 35.6 Å². The van der Waals surface area contributed by atoms with Crippen LogP contribution in [-0.4, -0.2) is 37.3 Å². The van der Waals surface area contributed by atoms with E-state index in [1.54, 1.807) is 17.0 Å². The lowest BCUT2D eigenvalue weighted by atomic mass is 9.95. The van der Waals surface area contributed by atoms with Crippen molar-refractivity contribution < 1.29 is 17.6 Å². The molecular weight excluding hydrogens is 329 g/mol. The minimum absolute atomic E-state index is 0.0171. The molecule has 3 rings (SSSR count). The van der Waals surface area contributed by atoms with E-state index in [1.165, 1.54) is 12.1 Å². The fraction of sp³-hybridized carbons (Fsp3) is 0.500. The Morgan fingerprint density at radius 2 is 1.92 bits per heavy atom. The Kier molecular flexibility index (Phi) is 4.39. The van der Waals surface area contributed by atoms with E-state index in [4.69, 9.17) is 6.42 Å². The molecule has 1 aliphatic heterocycles. The van der Waals surface area contributed by atoms with Gasteiger partial charge < -0.3 is 4.90 Å². The van der Waals surface area contributed by atoms with Crippen molar-refractivity contribution in [3.63, 3.8) is 0 Å². The van der Waals surface area contributed by atoms with Gasteiger partial charge in [0.1, 0.15) is 15.7 Å². The van der Waals surface area contributed by atoms with Gasteiger partial charge in [-0.2, -0.15) is 0 Å². The summed E-state index contributed by atoms with van der Waals surface area (Å²) in [7, 11) is -2.94. The van der Waals surface area contributed by atoms with E-state index in [9.17, 15) is 17.6 Å². The number of carbonyl (C=O) groups excluding carboxylic acids is 1. The van der Waals surface area contributed by atoms with Gasteiger partial charge in [-0.1, -0.05) is 18.1 Å². The number of rotatable bonds is 4. The van der Waals surface area contributed by atoms with Crippen molar-refractivity contribution in [2.45, 2.75) is 25.8 Å². The van der Waals surface area contributed by atoms with Gasteiger partial charge in [0, 0.05) is 12.5 Å². The highest BCUT2D eigenvalue weighted by atomic mass is 32.2. The minimum atomic E-state index is -2.94. The SMILES string of the molecule is C#CCN(Cc1ccc(F)cc1)C(=O)[C@H]1CC12CCS(=O)(=O)CC2. The van der Waals surface area contributed by atoms with Gasteiger partial charge in [-0.3, -0.25) is 4.79 Å². The molecule has 0 N–H and O–H groups in total.